The molecule has 1 aromatic heterocycles. The second kappa shape index (κ2) is 6.64. The van der Waals surface area contributed by atoms with Gasteiger partial charge in [0.15, 0.2) is 5.82 Å². The SMILES string of the molecule is CCc1nc2n(n1)CCCC2NS(=O)(=O)/C=C/c1ccccc1. The van der Waals surface area contributed by atoms with Gasteiger partial charge in [0.05, 0.1) is 6.04 Å². The van der Waals surface area contributed by atoms with Crippen LogP contribution in [-0.2, 0) is 23.0 Å². The first-order valence-electron chi connectivity index (χ1n) is 7.76. The number of nitrogens with one attached hydrogen (secondary N) is 1. The number of nitrogens with zero attached hydrogens (tertiary/aromatic N) is 3. The molecule has 0 saturated carbocycles. The van der Waals surface area contributed by atoms with Crippen LogP contribution in [0.3, 0.4) is 0 Å². The van der Waals surface area contributed by atoms with E-state index in [4.69, 9.17) is 0 Å². The lowest BCUT2D eigenvalue weighted by Crippen LogP contribution is -2.32. The average Bonchev–Trinajstić information content (AvgIpc) is 2.98. The molecular formula is C16H20N4O2S. The summed E-state index contributed by atoms with van der Waals surface area (Å²) in [5, 5.41) is 5.60. The predicted molar refractivity (Wildman–Crippen MR) is 88.9 cm³/mol. The minimum atomic E-state index is -3.53. The molecule has 23 heavy (non-hydrogen) atoms. The van der Waals surface area contributed by atoms with Crippen molar-refractivity contribution in [2.75, 3.05) is 0 Å². The number of hydrogen-bond acceptors (Lipinski definition) is 4. The predicted octanol–water partition coefficient (Wildman–Crippen LogP) is 2.27. The van der Waals surface area contributed by atoms with Gasteiger partial charge in [-0.3, -0.25) is 0 Å². The third kappa shape index (κ3) is 3.86. The topological polar surface area (TPSA) is 76.9 Å². The van der Waals surface area contributed by atoms with Crippen molar-refractivity contribution >= 4 is 16.1 Å². The largest absolute Gasteiger partial charge is 0.248 e. The minimum Gasteiger partial charge on any atom is -0.248 e. The van der Waals surface area contributed by atoms with Crippen LogP contribution in [0.15, 0.2) is 35.7 Å². The molecule has 0 radical (unpaired) electrons. The van der Waals surface area contributed by atoms with Crippen LogP contribution >= 0.6 is 0 Å². The Bertz CT molecular complexity index is 797. The number of benzene rings is 1. The Balaban J connectivity index is 1.76. The van der Waals surface area contributed by atoms with E-state index >= 15 is 0 Å². The van der Waals surface area contributed by atoms with Gasteiger partial charge in [-0.2, -0.15) is 5.10 Å². The standard InChI is InChI=1S/C16H20N4O2S/c1-2-15-17-16-14(9-6-11-20(16)18-15)19-23(21,22)12-10-13-7-4-3-5-8-13/h3-5,7-8,10,12,14,19H,2,6,9,11H2,1H3/b12-10+. The highest BCUT2D eigenvalue weighted by atomic mass is 32.2. The van der Waals surface area contributed by atoms with Crippen molar-refractivity contribution in [2.45, 2.75) is 38.8 Å². The summed E-state index contributed by atoms with van der Waals surface area (Å²) in [5.74, 6) is 1.47. The van der Waals surface area contributed by atoms with Crippen LogP contribution in [-0.4, -0.2) is 23.2 Å². The van der Waals surface area contributed by atoms with Gasteiger partial charge < -0.3 is 0 Å². The van der Waals surface area contributed by atoms with Gasteiger partial charge in [0.1, 0.15) is 5.82 Å². The number of aryl methyl sites for hydroxylation is 2. The van der Waals surface area contributed by atoms with Crippen LogP contribution in [0.1, 0.15) is 43.0 Å². The molecule has 0 saturated heterocycles. The zero-order valence-corrected chi connectivity index (χ0v) is 13.8. The van der Waals surface area contributed by atoms with Crippen LogP contribution in [0.5, 0.6) is 0 Å². The van der Waals surface area contributed by atoms with Crippen LogP contribution < -0.4 is 4.72 Å². The number of sulfonamides is 1. The van der Waals surface area contributed by atoms with E-state index in [1.165, 1.54) is 5.41 Å². The summed E-state index contributed by atoms with van der Waals surface area (Å²) in [6, 6.07) is 9.03. The summed E-state index contributed by atoms with van der Waals surface area (Å²) in [4.78, 5) is 4.45. The molecule has 0 amide bonds. The Morgan fingerprint density at radius 1 is 1.35 bits per heavy atom. The Kier molecular flexibility index (Phi) is 4.58. The molecule has 1 aromatic carbocycles. The van der Waals surface area contributed by atoms with Crippen molar-refractivity contribution in [3.63, 3.8) is 0 Å². The maximum absolute atomic E-state index is 12.3. The summed E-state index contributed by atoms with van der Waals surface area (Å²) >= 11 is 0. The number of rotatable bonds is 5. The first-order chi connectivity index (χ1) is 11.1. The molecule has 0 bridgehead atoms. The monoisotopic (exact) mass is 332 g/mol. The van der Waals surface area contributed by atoms with Crippen LogP contribution in [0, 0.1) is 0 Å². The summed E-state index contributed by atoms with van der Waals surface area (Å²) in [6.07, 6.45) is 3.95. The fourth-order valence-electron chi connectivity index (χ4n) is 2.63. The van der Waals surface area contributed by atoms with Crippen LogP contribution in [0.2, 0.25) is 0 Å². The number of hydrogen-bond donors (Lipinski definition) is 1. The highest BCUT2D eigenvalue weighted by Crippen LogP contribution is 2.24. The lowest BCUT2D eigenvalue weighted by Gasteiger charge is -2.22. The maximum atomic E-state index is 12.3. The first kappa shape index (κ1) is 15.9. The molecule has 1 aliphatic rings. The van der Waals surface area contributed by atoms with Crippen molar-refractivity contribution in [3.05, 3.63) is 53.0 Å². The molecule has 1 N–H and O–H groups in total. The van der Waals surface area contributed by atoms with Gasteiger partial charge >= 0.3 is 0 Å². The molecule has 3 rings (SSSR count). The Morgan fingerprint density at radius 3 is 2.87 bits per heavy atom. The Labute approximate surface area is 136 Å². The molecule has 0 spiro atoms. The molecular weight excluding hydrogens is 312 g/mol. The maximum Gasteiger partial charge on any atom is 0.234 e. The quantitative estimate of drug-likeness (QED) is 0.911. The molecule has 1 aliphatic heterocycles. The van der Waals surface area contributed by atoms with E-state index < -0.39 is 10.0 Å². The third-order valence-corrected chi connectivity index (χ3v) is 4.89. The van der Waals surface area contributed by atoms with Crippen molar-refractivity contribution in [1.29, 1.82) is 0 Å². The second-order valence-corrected chi connectivity index (χ2v) is 7.13. The lowest BCUT2D eigenvalue weighted by molar-refractivity contribution is 0.400. The van der Waals surface area contributed by atoms with Gasteiger partial charge in [-0.25, -0.2) is 22.8 Å². The molecule has 1 atom stereocenters. The average molecular weight is 332 g/mol. The van der Waals surface area contributed by atoms with E-state index in [9.17, 15) is 8.42 Å². The van der Waals surface area contributed by atoms with Gasteiger partial charge in [0.2, 0.25) is 10.0 Å². The van der Waals surface area contributed by atoms with Gasteiger partial charge in [0.25, 0.3) is 0 Å². The molecule has 122 valence electrons. The van der Waals surface area contributed by atoms with Crippen LogP contribution in [0.4, 0.5) is 0 Å². The molecule has 1 unspecified atom stereocenters. The van der Waals surface area contributed by atoms with E-state index in [0.717, 1.165) is 37.2 Å². The smallest absolute Gasteiger partial charge is 0.234 e. The third-order valence-electron chi connectivity index (χ3n) is 3.78. The van der Waals surface area contributed by atoms with E-state index in [1.807, 2.05) is 41.9 Å². The van der Waals surface area contributed by atoms with E-state index in [2.05, 4.69) is 14.8 Å². The van der Waals surface area contributed by atoms with Crippen molar-refractivity contribution < 1.29 is 8.42 Å². The lowest BCUT2D eigenvalue weighted by atomic mass is 10.1. The summed E-state index contributed by atoms with van der Waals surface area (Å²) in [6.45, 7) is 2.78. The molecule has 0 aliphatic carbocycles. The number of aromatic nitrogens is 3. The van der Waals surface area contributed by atoms with Crippen molar-refractivity contribution in [1.82, 2.24) is 19.5 Å². The zero-order valence-electron chi connectivity index (χ0n) is 13.0. The minimum absolute atomic E-state index is 0.318. The van der Waals surface area contributed by atoms with E-state index in [0.29, 0.717) is 5.82 Å². The van der Waals surface area contributed by atoms with Gasteiger partial charge in [-0.1, -0.05) is 37.3 Å². The molecule has 2 aromatic rings. The fraction of sp³-hybridized carbons (Fsp3) is 0.375. The van der Waals surface area contributed by atoms with Gasteiger partial charge in [0, 0.05) is 18.4 Å². The number of fused-ring (bicyclic) bond motifs is 1. The molecule has 6 nitrogen and oxygen atoms in total. The van der Waals surface area contributed by atoms with E-state index in [1.54, 1.807) is 6.08 Å². The molecule has 0 fully saturated rings. The Morgan fingerprint density at radius 2 is 2.13 bits per heavy atom. The van der Waals surface area contributed by atoms with Crippen LogP contribution in [0.25, 0.3) is 6.08 Å². The molecule has 2 heterocycles. The molecule has 7 heteroatoms. The van der Waals surface area contributed by atoms with E-state index in [-0.39, 0.29) is 6.04 Å². The Hall–Kier alpha value is -1.99. The summed E-state index contributed by atoms with van der Waals surface area (Å²) < 4.78 is 29.1. The highest BCUT2D eigenvalue weighted by Gasteiger charge is 2.26. The van der Waals surface area contributed by atoms with Gasteiger partial charge in [-0.15, -0.1) is 0 Å². The van der Waals surface area contributed by atoms with Gasteiger partial charge in [-0.05, 0) is 24.5 Å². The normalized spacial score (nSPS) is 18.2. The summed E-state index contributed by atoms with van der Waals surface area (Å²) in [7, 11) is -3.53. The first-order valence-corrected chi connectivity index (χ1v) is 9.31. The highest BCUT2D eigenvalue weighted by molar-refractivity contribution is 7.92. The zero-order chi connectivity index (χ0) is 16.3. The summed E-state index contributed by atoms with van der Waals surface area (Å²) in [5.41, 5.74) is 0.845. The van der Waals surface area contributed by atoms with Crippen molar-refractivity contribution in [3.8, 4) is 0 Å². The van der Waals surface area contributed by atoms with Crippen molar-refractivity contribution in [2.24, 2.45) is 0 Å². The second-order valence-electron chi connectivity index (χ2n) is 5.53. The fourth-order valence-corrected chi connectivity index (χ4v) is 3.67.